The summed E-state index contributed by atoms with van der Waals surface area (Å²) >= 11 is 0. The van der Waals surface area contributed by atoms with Gasteiger partial charge in [0.05, 0.1) is 14.2 Å². The molecule has 4 rings (SSSR count). The number of methoxy groups -OCH3 is 2. The van der Waals surface area contributed by atoms with Gasteiger partial charge >= 0.3 is 0 Å². The van der Waals surface area contributed by atoms with E-state index in [0.29, 0.717) is 18.6 Å². The van der Waals surface area contributed by atoms with Crippen molar-refractivity contribution in [3.8, 4) is 11.5 Å². The van der Waals surface area contributed by atoms with Crippen molar-refractivity contribution in [2.45, 2.75) is 19.3 Å². The number of fused-ring (bicyclic) bond motifs is 4. The van der Waals surface area contributed by atoms with Gasteiger partial charge in [0, 0.05) is 29.0 Å². The Morgan fingerprint density at radius 2 is 1.70 bits per heavy atom. The highest BCUT2D eigenvalue weighted by Crippen LogP contribution is 2.41. The van der Waals surface area contributed by atoms with Gasteiger partial charge in [0.25, 0.3) is 0 Å². The predicted molar refractivity (Wildman–Crippen MR) is 91.6 cm³/mol. The number of aryl methyl sites for hydroxylation is 1. The standard InChI is InChI=1S/C20H18O3/c1-22-19-5-3-4-14-18(19)11-17-15(20(14)23-2)9-7-12-6-8-13(21)10-16(12)17/h3-5,7,9,11H,6,8,10H2,1-2H3. The first-order valence-corrected chi connectivity index (χ1v) is 7.83. The molecule has 0 heterocycles. The van der Waals surface area contributed by atoms with Gasteiger partial charge in [0.1, 0.15) is 17.3 Å². The van der Waals surface area contributed by atoms with Crippen LogP contribution < -0.4 is 9.47 Å². The lowest BCUT2D eigenvalue weighted by molar-refractivity contribution is -0.118. The molecule has 0 atom stereocenters. The molecule has 0 saturated carbocycles. The first-order chi connectivity index (χ1) is 11.2. The van der Waals surface area contributed by atoms with E-state index in [2.05, 4.69) is 18.2 Å². The molecule has 0 N–H and O–H groups in total. The first-order valence-electron chi connectivity index (χ1n) is 7.83. The molecule has 0 radical (unpaired) electrons. The molecule has 0 aromatic heterocycles. The highest BCUT2D eigenvalue weighted by atomic mass is 16.5. The molecule has 1 aliphatic carbocycles. The fourth-order valence-corrected chi connectivity index (χ4v) is 3.65. The molecular formula is C20H18O3. The molecule has 0 bridgehead atoms. The van der Waals surface area contributed by atoms with Crippen molar-refractivity contribution in [1.29, 1.82) is 0 Å². The number of ketones is 1. The Hall–Kier alpha value is -2.55. The maximum absolute atomic E-state index is 12.0. The van der Waals surface area contributed by atoms with Crippen LogP contribution in [0.4, 0.5) is 0 Å². The topological polar surface area (TPSA) is 35.5 Å². The molecule has 23 heavy (non-hydrogen) atoms. The van der Waals surface area contributed by atoms with E-state index in [1.807, 2.05) is 18.2 Å². The normalized spacial score (nSPS) is 14.1. The minimum absolute atomic E-state index is 0.309. The summed E-state index contributed by atoms with van der Waals surface area (Å²) in [4.78, 5) is 12.0. The SMILES string of the molecule is COc1cccc2c(OC)c3ccc4c(c3cc12)CC(=O)CC4. The molecular weight excluding hydrogens is 288 g/mol. The van der Waals surface area contributed by atoms with Crippen molar-refractivity contribution >= 4 is 27.3 Å². The number of carbonyl (C=O) groups is 1. The van der Waals surface area contributed by atoms with Crippen LogP contribution in [0.15, 0.2) is 36.4 Å². The zero-order valence-electron chi connectivity index (χ0n) is 13.3. The Balaban J connectivity index is 2.16. The molecule has 0 amide bonds. The monoisotopic (exact) mass is 306 g/mol. The minimum Gasteiger partial charge on any atom is -0.496 e. The Labute approximate surface area is 134 Å². The molecule has 116 valence electrons. The summed E-state index contributed by atoms with van der Waals surface area (Å²) in [6.07, 6.45) is 1.99. The summed E-state index contributed by atoms with van der Waals surface area (Å²) in [6.45, 7) is 0. The highest BCUT2D eigenvalue weighted by Gasteiger charge is 2.20. The van der Waals surface area contributed by atoms with Crippen LogP contribution in [0.5, 0.6) is 11.5 Å². The quantitative estimate of drug-likeness (QED) is 0.670. The molecule has 0 unspecified atom stereocenters. The van der Waals surface area contributed by atoms with E-state index in [4.69, 9.17) is 9.47 Å². The molecule has 0 spiro atoms. The van der Waals surface area contributed by atoms with Crippen molar-refractivity contribution in [3.05, 3.63) is 47.5 Å². The third kappa shape index (κ3) is 2.07. The number of rotatable bonds is 2. The Morgan fingerprint density at radius 1 is 0.870 bits per heavy atom. The molecule has 1 aliphatic rings. The molecule has 0 saturated heterocycles. The highest BCUT2D eigenvalue weighted by molar-refractivity contribution is 6.09. The van der Waals surface area contributed by atoms with E-state index < -0.39 is 0 Å². The van der Waals surface area contributed by atoms with Gasteiger partial charge in [-0.1, -0.05) is 24.3 Å². The second-order valence-electron chi connectivity index (χ2n) is 5.98. The van der Waals surface area contributed by atoms with Gasteiger partial charge in [-0.2, -0.15) is 0 Å². The van der Waals surface area contributed by atoms with Crippen LogP contribution in [-0.4, -0.2) is 20.0 Å². The van der Waals surface area contributed by atoms with Gasteiger partial charge in [-0.25, -0.2) is 0 Å². The third-order valence-electron chi connectivity index (χ3n) is 4.77. The maximum Gasteiger partial charge on any atom is 0.137 e. The Bertz CT molecular complexity index is 941. The van der Waals surface area contributed by atoms with Crippen molar-refractivity contribution in [1.82, 2.24) is 0 Å². The summed E-state index contributed by atoms with van der Waals surface area (Å²) < 4.78 is 11.2. The second-order valence-corrected chi connectivity index (χ2v) is 5.98. The maximum atomic E-state index is 12.0. The lowest BCUT2D eigenvalue weighted by Crippen LogP contribution is -2.13. The van der Waals surface area contributed by atoms with E-state index in [1.54, 1.807) is 14.2 Å². The number of hydrogen-bond donors (Lipinski definition) is 0. The van der Waals surface area contributed by atoms with Crippen molar-refractivity contribution in [3.63, 3.8) is 0 Å². The van der Waals surface area contributed by atoms with Gasteiger partial charge < -0.3 is 9.47 Å². The average Bonchev–Trinajstić information content (AvgIpc) is 2.59. The number of Topliss-reactive ketones (excluding diaryl/α,β-unsaturated/α-hetero) is 1. The third-order valence-corrected chi connectivity index (χ3v) is 4.77. The van der Waals surface area contributed by atoms with Gasteiger partial charge in [-0.3, -0.25) is 4.79 Å². The van der Waals surface area contributed by atoms with Crippen LogP contribution in [0, 0.1) is 0 Å². The molecule has 3 aromatic carbocycles. The van der Waals surface area contributed by atoms with E-state index in [1.165, 1.54) is 5.56 Å². The molecule has 0 fully saturated rings. The van der Waals surface area contributed by atoms with Crippen molar-refractivity contribution in [2.75, 3.05) is 14.2 Å². The lowest BCUT2D eigenvalue weighted by atomic mass is 9.86. The van der Waals surface area contributed by atoms with Crippen LogP contribution >= 0.6 is 0 Å². The van der Waals surface area contributed by atoms with E-state index in [0.717, 1.165) is 45.0 Å². The largest absolute Gasteiger partial charge is 0.496 e. The van der Waals surface area contributed by atoms with Crippen LogP contribution in [-0.2, 0) is 17.6 Å². The Morgan fingerprint density at radius 3 is 2.48 bits per heavy atom. The van der Waals surface area contributed by atoms with Crippen LogP contribution in [0.1, 0.15) is 17.5 Å². The van der Waals surface area contributed by atoms with Gasteiger partial charge in [0.2, 0.25) is 0 Å². The van der Waals surface area contributed by atoms with Gasteiger partial charge in [-0.15, -0.1) is 0 Å². The lowest BCUT2D eigenvalue weighted by Gasteiger charge is -2.20. The van der Waals surface area contributed by atoms with E-state index >= 15 is 0 Å². The smallest absolute Gasteiger partial charge is 0.137 e. The predicted octanol–water partition coefficient (Wildman–Crippen LogP) is 4.07. The summed E-state index contributed by atoms with van der Waals surface area (Å²) in [5.41, 5.74) is 2.42. The summed E-state index contributed by atoms with van der Waals surface area (Å²) in [7, 11) is 3.37. The van der Waals surface area contributed by atoms with Gasteiger partial charge in [-0.05, 0) is 35.1 Å². The molecule has 3 aromatic rings. The summed E-state index contributed by atoms with van der Waals surface area (Å²) in [5.74, 6) is 1.98. The van der Waals surface area contributed by atoms with Crippen LogP contribution in [0.3, 0.4) is 0 Å². The zero-order chi connectivity index (χ0) is 16.0. The average molecular weight is 306 g/mol. The fraction of sp³-hybridized carbons (Fsp3) is 0.250. The van der Waals surface area contributed by atoms with Crippen LogP contribution in [0.25, 0.3) is 21.5 Å². The second kappa shape index (κ2) is 5.27. The number of hydrogen-bond acceptors (Lipinski definition) is 3. The van der Waals surface area contributed by atoms with Gasteiger partial charge in [0.15, 0.2) is 0 Å². The summed E-state index contributed by atoms with van der Waals surface area (Å²) in [6, 6.07) is 12.4. The van der Waals surface area contributed by atoms with Crippen molar-refractivity contribution < 1.29 is 14.3 Å². The fourth-order valence-electron chi connectivity index (χ4n) is 3.65. The minimum atomic E-state index is 0.309. The van der Waals surface area contributed by atoms with Crippen LogP contribution in [0.2, 0.25) is 0 Å². The number of ether oxygens (including phenoxy) is 2. The van der Waals surface area contributed by atoms with E-state index in [-0.39, 0.29) is 0 Å². The molecule has 0 aliphatic heterocycles. The van der Waals surface area contributed by atoms with E-state index in [9.17, 15) is 4.79 Å². The Kier molecular flexibility index (Phi) is 3.22. The number of carbonyl (C=O) groups excluding carboxylic acids is 1. The summed E-state index contributed by atoms with van der Waals surface area (Å²) in [5, 5.41) is 4.21. The molecule has 3 heteroatoms. The zero-order valence-corrected chi connectivity index (χ0v) is 13.3. The molecule has 3 nitrogen and oxygen atoms in total. The van der Waals surface area contributed by atoms with Crippen molar-refractivity contribution in [2.24, 2.45) is 0 Å². The first kappa shape index (κ1) is 14.1. The number of benzene rings is 3.